The molecule has 0 radical (unpaired) electrons. The maximum absolute atomic E-state index is 13.1. The smallest absolute Gasteiger partial charge is 0.251 e. The van der Waals surface area contributed by atoms with Gasteiger partial charge in [0.1, 0.15) is 17.7 Å². The maximum atomic E-state index is 13.1. The number of hydrazine groups is 1. The number of aliphatic hydroxyl groups is 1. The Bertz CT molecular complexity index is 1500. The van der Waals surface area contributed by atoms with Crippen molar-refractivity contribution in [2.24, 2.45) is 4.99 Å². The zero-order valence-corrected chi connectivity index (χ0v) is 24.0. The highest BCUT2D eigenvalue weighted by atomic mass is 35.5. The zero-order valence-electron chi connectivity index (χ0n) is 23.2. The minimum atomic E-state index is -0.464. The number of benzene rings is 3. The van der Waals surface area contributed by atoms with Crippen LogP contribution in [0.1, 0.15) is 40.4 Å². The summed E-state index contributed by atoms with van der Waals surface area (Å²) in [6.07, 6.45) is -0.291. The highest BCUT2D eigenvalue weighted by Crippen LogP contribution is 2.36. The van der Waals surface area contributed by atoms with Gasteiger partial charge in [-0.25, -0.2) is 10.9 Å². The van der Waals surface area contributed by atoms with E-state index in [0.717, 1.165) is 22.5 Å². The van der Waals surface area contributed by atoms with Crippen molar-refractivity contribution >= 4 is 34.8 Å². The van der Waals surface area contributed by atoms with Gasteiger partial charge in [0.25, 0.3) is 5.91 Å². The average molecular weight is 593 g/mol. The summed E-state index contributed by atoms with van der Waals surface area (Å²) in [7, 11) is 1.62. The number of amides is 2. The number of hydrogen-bond acceptors (Lipinski definition) is 9. The van der Waals surface area contributed by atoms with Crippen LogP contribution < -0.4 is 31.1 Å². The predicted molar refractivity (Wildman–Crippen MR) is 160 cm³/mol. The number of aliphatic hydroxyl groups excluding tert-OH is 1. The lowest BCUT2D eigenvalue weighted by Crippen LogP contribution is -2.48. The number of ether oxygens (including phenoxy) is 1. The molecular weight excluding hydrogens is 560 g/mol. The largest absolute Gasteiger partial charge is 0.508 e. The number of nitrogens with one attached hydrogen (secondary N) is 4. The van der Waals surface area contributed by atoms with Gasteiger partial charge >= 0.3 is 0 Å². The summed E-state index contributed by atoms with van der Waals surface area (Å²) < 4.78 is 5.53. The van der Waals surface area contributed by atoms with Gasteiger partial charge < -0.3 is 30.5 Å². The molecule has 3 unspecified atom stereocenters. The molecule has 2 heterocycles. The third kappa shape index (κ3) is 6.19. The van der Waals surface area contributed by atoms with Crippen LogP contribution in [0, 0.1) is 0 Å². The van der Waals surface area contributed by atoms with Crippen molar-refractivity contribution in [3.8, 4) is 11.5 Å². The lowest BCUT2D eigenvalue weighted by Gasteiger charge is -2.31. The van der Waals surface area contributed by atoms with E-state index in [1.807, 2.05) is 49.4 Å². The van der Waals surface area contributed by atoms with Crippen molar-refractivity contribution < 1.29 is 24.5 Å². The molecule has 2 amide bonds. The maximum Gasteiger partial charge on any atom is 0.251 e. The predicted octanol–water partition coefficient (Wildman–Crippen LogP) is 2.29. The molecule has 42 heavy (non-hydrogen) atoms. The van der Waals surface area contributed by atoms with E-state index in [1.165, 1.54) is 18.2 Å². The SMILES string of the molecule is COc1ccc2c(c1)C(c1ccc(Cl)cc1)=NC(CC(=O)NCCNC(=O)c1ccc(CO)c(O)c1)C1NNC(C)N21. The number of anilines is 1. The Kier molecular flexibility index (Phi) is 8.93. The molecule has 0 saturated carbocycles. The van der Waals surface area contributed by atoms with Gasteiger partial charge in [0.2, 0.25) is 5.91 Å². The van der Waals surface area contributed by atoms with E-state index < -0.39 is 11.9 Å². The van der Waals surface area contributed by atoms with Crippen molar-refractivity contribution in [2.75, 3.05) is 25.1 Å². The summed E-state index contributed by atoms with van der Waals surface area (Å²) in [5, 5.41) is 25.3. The highest BCUT2D eigenvalue weighted by molar-refractivity contribution is 6.30. The van der Waals surface area contributed by atoms with Crippen LogP contribution in [0.4, 0.5) is 5.69 Å². The number of nitrogens with zero attached hydrogens (tertiary/aromatic N) is 2. The molecule has 11 nitrogen and oxygen atoms in total. The quantitative estimate of drug-likeness (QED) is 0.207. The standard InChI is InChI=1S/C30H33ClN6O5/c1-17-35-36-29-24(15-27(40)32-11-12-33-30(41)19-3-4-20(16-38)26(39)13-19)34-28(18-5-7-21(31)8-6-18)23-14-22(42-2)9-10-25(23)37(17)29/h3-10,13-14,17,24,29,35-36,38-39H,11-12,15-16H2,1-2H3,(H,32,40)(H,33,41). The second-order valence-corrected chi connectivity index (χ2v) is 10.5. The molecule has 220 valence electrons. The lowest BCUT2D eigenvalue weighted by molar-refractivity contribution is -0.121. The van der Waals surface area contributed by atoms with Gasteiger partial charge in [0, 0.05) is 46.1 Å². The van der Waals surface area contributed by atoms with Crippen molar-refractivity contribution in [1.29, 1.82) is 0 Å². The van der Waals surface area contributed by atoms with Crippen molar-refractivity contribution in [3.05, 3.63) is 87.9 Å². The van der Waals surface area contributed by atoms with Gasteiger partial charge in [-0.2, -0.15) is 0 Å². The molecule has 1 fully saturated rings. The normalized spacial score (nSPS) is 19.3. The lowest BCUT2D eigenvalue weighted by atomic mass is 9.99. The van der Waals surface area contributed by atoms with E-state index in [2.05, 4.69) is 26.4 Å². The molecule has 6 N–H and O–H groups in total. The molecule has 0 bridgehead atoms. The van der Waals surface area contributed by atoms with Crippen LogP contribution in [0.15, 0.2) is 65.7 Å². The molecule has 0 spiro atoms. The number of hydrogen-bond donors (Lipinski definition) is 6. The molecule has 2 aliphatic heterocycles. The van der Waals surface area contributed by atoms with Crippen LogP contribution in [0.2, 0.25) is 5.02 Å². The number of halogens is 1. The summed E-state index contributed by atoms with van der Waals surface area (Å²) in [6.45, 7) is 2.11. The zero-order chi connectivity index (χ0) is 29.8. The highest BCUT2D eigenvalue weighted by Gasteiger charge is 2.40. The van der Waals surface area contributed by atoms with E-state index in [0.29, 0.717) is 16.3 Å². The van der Waals surface area contributed by atoms with E-state index in [4.69, 9.17) is 21.3 Å². The van der Waals surface area contributed by atoms with Crippen LogP contribution >= 0.6 is 11.6 Å². The van der Waals surface area contributed by atoms with E-state index in [1.54, 1.807) is 7.11 Å². The van der Waals surface area contributed by atoms with Crippen molar-refractivity contribution in [3.63, 3.8) is 0 Å². The third-order valence-corrected chi connectivity index (χ3v) is 7.57. The number of rotatable bonds is 9. The number of carbonyl (C=O) groups excluding carboxylic acids is 2. The Balaban J connectivity index is 1.32. The van der Waals surface area contributed by atoms with Crippen molar-refractivity contribution in [1.82, 2.24) is 21.5 Å². The molecule has 3 atom stereocenters. The second kappa shape index (κ2) is 12.8. The van der Waals surface area contributed by atoms with Gasteiger partial charge in [0.05, 0.1) is 38.1 Å². The summed E-state index contributed by atoms with van der Waals surface area (Å²) in [5.41, 5.74) is 10.6. The summed E-state index contributed by atoms with van der Waals surface area (Å²) in [6, 6.07) is 17.1. The number of methoxy groups -OCH3 is 1. The Morgan fingerprint density at radius 1 is 1.05 bits per heavy atom. The third-order valence-electron chi connectivity index (χ3n) is 7.32. The minimum Gasteiger partial charge on any atom is -0.508 e. The Morgan fingerprint density at radius 3 is 2.52 bits per heavy atom. The molecular formula is C30H33ClN6O5. The summed E-state index contributed by atoms with van der Waals surface area (Å²) >= 11 is 6.17. The number of phenols is 1. The first kappa shape index (κ1) is 29.3. The summed E-state index contributed by atoms with van der Waals surface area (Å²) in [5.74, 6) is -0.0795. The molecule has 0 aromatic heterocycles. The van der Waals surface area contributed by atoms with E-state index in [9.17, 15) is 19.8 Å². The van der Waals surface area contributed by atoms with E-state index in [-0.39, 0.29) is 55.7 Å². The van der Waals surface area contributed by atoms with Gasteiger partial charge in [-0.1, -0.05) is 29.8 Å². The Morgan fingerprint density at radius 2 is 1.81 bits per heavy atom. The first-order chi connectivity index (χ1) is 20.3. The minimum absolute atomic E-state index is 0.0754. The first-order valence-corrected chi connectivity index (χ1v) is 14.0. The number of aromatic hydroxyl groups is 1. The number of fused-ring (bicyclic) bond motifs is 3. The van der Waals surface area contributed by atoms with Crippen LogP contribution in [0.3, 0.4) is 0 Å². The molecule has 3 aromatic carbocycles. The molecule has 5 rings (SSSR count). The summed E-state index contributed by atoms with van der Waals surface area (Å²) in [4.78, 5) is 32.9. The van der Waals surface area contributed by atoms with Crippen LogP contribution in [-0.2, 0) is 11.4 Å². The fourth-order valence-electron chi connectivity index (χ4n) is 5.16. The van der Waals surface area contributed by atoms with Gasteiger partial charge in [0.15, 0.2) is 0 Å². The fourth-order valence-corrected chi connectivity index (χ4v) is 5.29. The Labute approximate surface area is 248 Å². The van der Waals surface area contributed by atoms with Crippen molar-refractivity contribution in [2.45, 2.75) is 38.3 Å². The second-order valence-electron chi connectivity index (χ2n) is 10.1. The van der Waals surface area contributed by atoms with Crippen LogP contribution in [-0.4, -0.2) is 66.3 Å². The van der Waals surface area contributed by atoms with Crippen LogP contribution in [0.25, 0.3) is 0 Å². The number of aliphatic imine (C=N–C) groups is 1. The van der Waals surface area contributed by atoms with Crippen LogP contribution in [0.5, 0.6) is 11.5 Å². The molecule has 0 aliphatic carbocycles. The average Bonchev–Trinajstić information content (AvgIpc) is 3.32. The topological polar surface area (TPSA) is 148 Å². The molecule has 1 saturated heterocycles. The first-order valence-electron chi connectivity index (χ1n) is 13.6. The van der Waals surface area contributed by atoms with E-state index >= 15 is 0 Å². The Hall–Kier alpha value is -4.16. The molecule has 12 heteroatoms. The van der Waals surface area contributed by atoms with Gasteiger partial charge in [-0.05, 0) is 49.4 Å². The molecule has 2 aliphatic rings. The monoisotopic (exact) mass is 592 g/mol. The van der Waals surface area contributed by atoms with Gasteiger partial charge in [-0.15, -0.1) is 0 Å². The molecule has 3 aromatic rings. The number of carbonyl (C=O) groups is 2. The van der Waals surface area contributed by atoms with Gasteiger partial charge in [-0.3, -0.25) is 14.6 Å². The fraction of sp³-hybridized carbons (Fsp3) is 0.300.